The SMILES string of the molecule is CN=C(NCc1cccc(S(=O)(=O)NCCOC)c1)NCc1nc(C(C)C)cs1. The second-order valence-corrected chi connectivity index (χ2v) is 9.35. The Morgan fingerprint density at radius 2 is 2.03 bits per heavy atom. The van der Waals surface area contributed by atoms with Gasteiger partial charge in [0.05, 0.1) is 23.7 Å². The lowest BCUT2D eigenvalue weighted by molar-refractivity contribution is 0.204. The van der Waals surface area contributed by atoms with Crippen molar-refractivity contribution in [3.8, 4) is 0 Å². The van der Waals surface area contributed by atoms with Gasteiger partial charge in [-0.3, -0.25) is 4.99 Å². The molecule has 0 unspecified atom stereocenters. The van der Waals surface area contributed by atoms with Crippen LogP contribution in [0.5, 0.6) is 0 Å². The van der Waals surface area contributed by atoms with Gasteiger partial charge in [-0.1, -0.05) is 26.0 Å². The van der Waals surface area contributed by atoms with Crippen LogP contribution in [-0.4, -0.2) is 46.7 Å². The number of hydrogen-bond acceptors (Lipinski definition) is 6. The van der Waals surface area contributed by atoms with Crippen molar-refractivity contribution in [2.45, 2.75) is 37.8 Å². The monoisotopic (exact) mass is 439 g/mol. The number of sulfonamides is 1. The van der Waals surface area contributed by atoms with E-state index in [1.807, 2.05) is 6.07 Å². The zero-order valence-electron chi connectivity index (χ0n) is 17.2. The number of nitrogens with one attached hydrogen (secondary N) is 3. The highest BCUT2D eigenvalue weighted by molar-refractivity contribution is 7.89. The van der Waals surface area contributed by atoms with Gasteiger partial charge in [-0.05, 0) is 23.6 Å². The van der Waals surface area contributed by atoms with Gasteiger partial charge in [0.25, 0.3) is 0 Å². The Kier molecular flexibility index (Phi) is 9.02. The molecule has 0 radical (unpaired) electrons. The van der Waals surface area contributed by atoms with Crippen LogP contribution < -0.4 is 15.4 Å². The fourth-order valence-corrected chi connectivity index (χ4v) is 4.40. The molecule has 8 nitrogen and oxygen atoms in total. The molecule has 0 amide bonds. The molecule has 0 aliphatic heterocycles. The maximum atomic E-state index is 12.3. The van der Waals surface area contributed by atoms with E-state index in [0.29, 0.717) is 31.6 Å². The molecule has 2 aromatic rings. The number of rotatable bonds is 10. The Balaban J connectivity index is 1.92. The molecule has 0 spiro atoms. The first kappa shape index (κ1) is 23.3. The fourth-order valence-electron chi connectivity index (χ4n) is 2.42. The first-order valence-electron chi connectivity index (χ1n) is 9.32. The Bertz CT molecular complexity index is 910. The number of aliphatic imine (C=N–C) groups is 1. The predicted molar refractivity (Wildman–Crippen MR) is 117 cm³/mol. The quantitative estimate of drug-likeness (QED) is 0.297. The molecule has 2 rings (SSSR count). The average molecular weight is 440 g/mol. The van der Waals surface area contributed by atoms with Crippen molar-refractivity contribution in [2.75, 3.05) is 27.3 Å². The normalized spacial score (nSPS) is 12.4. The van der Waals surface area contributed by atoms with E-state index in [1.165, 1.54) is 7.11 Å². The standard InChI is InChI=1S/C19H29N5O3S2/c1-14(2)17-13-28-18(24-17)12-22-19(20-3)21-11-15-6-5-7-16(10-15)29(25,26)23-8-9-27-4/h5-7,10,13-14,23H,8-9,11-12H2,1-4H3,(H2,20,21,22). The number of nitrogens with zero attached hydrogens (tertiary/aromatic N) is 2. The van der Waals surface area contributed by atoms with Crippen LogP contribution in [0.2, 0.25) is 0 Å². The molecular formula is C19H29N5O3S2. The maximum Gasteiger partial charge on any atom is 0.240 e. The summed E-state index contributed by atoms with van der Waals surface area (Å²) >= 11 is 1.62. The highest BCUT2D eigenvalue weighted by Gasteiger charge is 2.14. The van der Waals surface area contributed by atoms with Crippen LogP contribution in [0.3, 0.4) is 0 Å². The summed E-state index contributed by atoms with van der Waals surface area (Å²) in [4.78, 5) is 9.02. The third kappa shape index (κ3) is 7.39. The van der Waals surface area contributed by atoms with Crippen molar-refractivity contribution in [1.82, 2.24) is 20.3 Å². The summed E-state index contributed by atoms with van der Waals surface area (Å²) in [5, 5.41) is 9.49. The molecule has 3 N–H and O–H groups in total. The summed E-state index contributed by atoms with van der Waals surface area (Å²) in [6.07, 6.45) is 0. The second kappa shape index (κ2) is 11.2. The minimum atomic E-state index is -3.56. The minimum Gasteiger partial charge on any atom is -0.383 e. The van der Waals surface area contributed by atoms with Crippen molar-refractivity contribution < 1.29 is 13.2 Å². The van der Waals surface area contributed by atoms with Crippen LogP contribution in [0, 0.1) is 0 Å². The van der Waals surface area contributed by atoms with Gasteiger partial charge < -0.3 is 15.4 Å². The van der Waals surface area contributed by atoms with Gasteiger partial charge in [0.1, 0.15) is 5.01 Å². The third-order valence-electron chi connectivity index (χ3n) is 4.06. The van der Waals surface area contributed by atoms with E-state index < -0.39 is 10.0 Å². The summed E-state index contributed by atoms with van der Waals surface area (Å²) < 4.78 is 32.1. The molecule has 0 saturated carbocycles. The van der Waals surface area contributed by atoms with E-state index >= 15 is 0 Å². The van der Waals surface area contributed by atoms with Gasteiger partial charge in [0.15, 0.2) is 5.96 Å². The van der Waals surface area contributed by atoms with Crippen molar-refractivity contribution in [1.29, 1.82) is 0 Å². The molecule has 0 saturated heterocycles. The van der Waals surface area contributed by atoms with Gasteiger partial charge in [-0.25, -0.2) is 18.1 Å². The lowest BCUT2D eigenvalue weighted by Gasteiger charge is -2.12. The maximum absolute atomic E-state index is 12.3. The molecule has 29 heavy (non-hydrogen) atoms. The van der Waals surface area contributed by atoms with Crippen LogP contribution in [0.4, 0.5) is 0 Å². The first-order valence-corrected chi connectivity index (χ1v) is 11.7. The number of methoxy groups -OCH3 is 1. The Morgan fingerprint density at radius 1 is 1.28 bits per heavy atom. The van der Waals surface area contributed by atoms with Crippen LogP contribution in [0.1, 0.15) is 36.0 Å². The molecule has 0 atom stereocenters. The third-order valence-corrected chi connectivity index (χ3v) is 6.38. The van der Waals surface area contributed by atoms with Gasteiger partial charge in [-0.15, -0.1) is 11.3 Å². The number of benzene rings is 1. The van der Waals surface area contributed by atoms with Gasteiger partial charge in [0.2, 0.25) is 10.0 Å². The van der Waals surface area contributed by atoms with Gasteiger partial charge >= 0.3 is 0 Å². The molecule has 1 aromatic heterocycles. The molecular weight excluding hydrogens is 410 g/mol. The zero-order valence-corrected chi connectivity index (χ0v) is 18.9. The first-order chi connectivity index (χ1) is 13.9. The van der Waals surface area contributed by atoms with Gasteiger partial charge in [-0.2, -0.15) is 0 Å². The van der Waals surface area contributed by atoms with Crippen molar-refractivity contribution in [2.24, 2.45) is 4.99 Å². The largest absolute Gasteiger partial charge is 0.383 e. The number of hydrogen-bond donors (Lipinski definition) is 3. The Hall–Kier alpha value is -2.01. The lowest BCUT2D eigenvalue weighted by Crippen LogP contribution is -2.36. The van der Waals surface area contributed by atoms with Crippen molar-refractivity contribution >= 4 is 27.3 Å². The number of thiazole rings is 1. The predicted octanol–water partition coefficient (Wildman–Crippen LogP) is 2.06. The molecule has 10 heteroatoms. The average Bonchev–Trinajstić information content (AvgIpc) is 3.18. The minimum absolute atomic E-state index is 0.222. The highest BCUT2D eigenvalue weighted by atomic mass is 32.2. The van der Waals surface area contributed by atoms with Crippen molar-refractivity contribution in [3.63, 3.8) is 0 Å². The van der Waals surface area contributed by atoms with E-state index in [9.17, 15) is 8.42 Å². The highest BCUT2D eigenvalue weighted by Crippen LogP contribution is 2.17. The smallest absolute Gasteiger partial charge is 0.240 e. The fraction of sp³-hybridized carbons (Fsp3) is 0.474. The summed E-state index contributed by atoms with van der Waals surface area (Å²) in [6.45, 7) is 5.81. The number of aromatic nitrogens is 1. The number of guanidine groups is 1. The van der Waals surface area contributed by atoms with Crippen molar-refractivity contribution in [3.05, 3.63) is 45.9 Å². The van der Waals surface area contributed by atoms with Gasteiger partial charge in [0, 0.05) is 32.6 Å². The molecule has 160 valence electrons. The van der Waals surface area contributed by atoms with Crippen LogP contribution in [0.15, 0.2) is 39.5 Å². The lowest BCUT2D eigenvalue weighted by atomic mass is 10.2. The van der Waals surface area contributed by atoms with Crippen LogP contribution in [0.25, 0.3) is 0 Å². The van der Waals surface area contributed by atoms with Crippen LogP contribution in [-0.2, 0) is 27.8 Å². The van der Waals surface area contributed by atoms with E-state index in [0.717, 1.165) is 16.3 Å². The zero-order chi connectivity index (χ0) is 21.3. The van der Waals surface area contributed by atoms with E-state index in [-0.39, 0.29) is 11.4 Å². The molecule has 0 aliphatic rings. The Labute approximate surface area is 176 Å². The molecule has 0 bridgehead atoms. The Morgan fingerprint density at radius 3 is 2.69 bits per heavy atom. The summed E-state index contributed by atoms with van der Waals surface area (Å²) in [5.74, 6) is 1.03. The molecule has 0 fully saturated rings. The number of ether oxygens (including phenoxy) is 1. The van der Waals surface area contributed by atoms with E-state index in [1.54, 1.807) is 36.6 Å². The second-order valence-electron chi connectivity index (χ2n) is 6.64. The molecule has 1 heterocycles. The summed E-state index contributed by atoms with van der Waals surface area (Å²) in [5.41, 5.74) is 1.92. The topological polar surface area (TPSA) is 105 Å². The van der Waals surface area contributed by atoms with E-state index in [4.69, 9.17) is 4.74 Å². The molecule has 1 aromatic carbocycles. The summed E-state index contributed by atoms with van der Waals surface area (Å²) in [7, 11) is -0.342. The van der Waals surface area contributed by atoms with Crippen LogP contribution >= 0.6 is 11.3 Å². The molecule has 0 aliphatic carbocycles. The van der Waals surface area contributed by atoms with E-state index in [2.05, 4.69) is 44.6 Å². The summed E-state index contributed by atoms with van der Waals surface area (Å²) in [6, 6.07) is 6.80.